The highest BCUT2D eigenvalue weighted by Gasteiger charge is 2.26. The van der Waals surface area contributed by atoms with Gasteiger partial charge in [-0.3, -0.25) is 20.4 Å². The van der Waals surface area contributed by atoms with E-state index in [4.69, 9.17) is 9.47 Å². The van der Waals surface area contributed by atoms with Crippen LogP contribution in [-0.4, -0.2) is 63.4 Å². The molecule has 0 spiro atoms. The summed E-state index contributed by atoms with van der Waals surface area (Å²) in [5.41, 5.74) is 4.79. The van der Waals surface area contributed by atoms with Gasteiger partial charge in [-0.25, -0.2) is 13.2 Å². The molecule has 1 aliphatic heterocycles. The van der Waals surface area contributed by atoms with Crippen LogP contribution in [0.2, 0.25) is 0 Å². The van der Waals surface area contributed by atoms with E-state index in [9.17, 15) is 22.8 Å². The highest BCUT2D eigenvalue weighted by Crippen LogP contribution is 2.18. The molecule has 0 atom stereocenters. The molecule has 31 heavy (non-hydrogen) atoms. The summed E-state index contributed by atoms with van der Waals surface area (Å²) in [6.45, 7) is 0.570. The predicted octanol–water partition coefficient (Wildman–Crippen LogP) is 0.326. The van der Waals surface area contributed by atoms with Crippen LogP contribution in [0.25, 0.3) is 0 Å². The minimum absolute atomic E-state index is 0.0484. The van der Waals surface area contributed by atoms with Crippen LogP contribution >= 0.6 is 0 Å². The number of sulfonamides is 1. The maximum atomic E-state index is 12.6. The maximum absolute atomic E-state index is 12.6. The lowest BCUT2D eigenvalue weighted by atomic mass is 10.2. The number of rotatable bonds is 6. The highest BCUT2D eigenvalue weighted by molar-refractivity contribution is 7.89. The SMILES string of the molecule is O=C(COC(=O)c1ccc(S(=O)(=O)N2CCOCC2)cc1)NNC(=O)c1ccccc1. The number of carbonyl (C=O) groups excluding carboxylic acids is 3. The zero-order valence-electron chi connectivity index (χ0n) is 16.4. The van der Waals surface area contributed by atoms with Crippen molar-refractivity contribution in [1.82, 2.24) is 15.2 Å². The Kier molecular flexibility index (Phi) is 7.34. The van der Waals surface area contributed by atoms with Gasteiger partial charge >= 0.3 is 5.97 Å². The number of nitrogens with zero attached hydrogens (tertiary/aromatic N) is 1. The van der Waals surface area contributed by atoms with Gasteiger partial charge in [-0.1, -0.05) is 18.2 Å². The average Bonchev–Trinajstić information content (AvgIpc) is 2.82. The first-order valence-electron chi connectivity index (χ1n) is 9.37. The van der Waals surface area contributed by atoms with Gasteiger partial charge in [0.15, 0.2) is 6.61 Å². The summed E-state index contributed by atoms with van der Waals surface area (Å²) < 4.78 is 36.5. The van der Waals surface area contributed by atoms with E-state index in [-0.39, 0.29) is 23.5 Å². The third-order valence-electron chi connectivity index (χ3n) is 4.38. The van der Waals surface area contributed by atoms with Crippen LogP contribution in [-0.2, 0) is 24.3 Å². The number of hydrazine groups is 1. The molecule has 11 heteroatoms. The second-order valence-electron chi connectivity index (χ2n) is 6.49. The molecule has 10 nitrogen and oxygen atoms in total. The number of benzene rings is 2. The van der Waals surface area contributed by atoms with E-state index in [1.807, 2.05) is 0 Å². The van der Waals surface area contributed by atoms with Crippen molar-refractivity contribution in [2.75, 3.05) is 32.9 Å². The van der Waals surface area contributed by atoms with Gasteiger partial charge in [-0.05, 0) is 36.4 Å². The second-order valence-corrected chi connectivity index (χ2v) is 8.42. The van der Waals surface area contributed by atoms with Gasteiger partial charge in [-0.15, -0.1) is 0 Å². The van der Waals surface area contributed by atoms with Gasteiger partial charge in [0.25, 0.3) is 11.8 Å². The van der Waals surface area contributed by atoms with Crippen molar-refractivity contribution in [2.45, 2.75) is 4.90 Å². The number of carbonyl (C=O) groups is 3. The largest absolute Gasteiger partial charge is 0.452 e. The first-order valence-corrected chi connectivity index (χ1v) is 10.8. The number of nitrogens with one attached hydrogen (secondary N) is 2. The van der Waals surface area contributed by atoms with Crippen molar-refractivity contribution in [3.8, 4) is 0 Å². The van der Waals surface area contributed by atoms with Crippen LogP contribution in [0.5, 0.6) is 0 Å². The minimum atomic E-state index is -3.67. The third kappa shape index (κ3) is 5.87. The van der Waals surface area contributed by atoms with Crippen LogP contribution in [0.1, 0.15) is 20.7 Å². The van der Waals surface area contributed by atoms with Crippen LogP contribution in [0.4, 0.5) is 0 Å². The molecule has 0 radical (unpaired) electrons. The molecule has 0 aliphatic carbocycles. The quantitative estimate of drug-likeness (QED) is 0.482. The summed E-state index contributed by atoms with van der Waals surface area (Å²) >= 11 is 0. The maximum Gasteiger partial charge on any atom is 0.338 e. The second kappa shape index (κ2) is 10.2. The third-order valence-corrected chi connectivity index (χ3v) is 6.30. The molecule has 1 heterocycles. The number of hydrogen-bond acceptors (Lipinski definition) is 7. The summed E-state index contributed by atoms with van der Waals surface area (Å²) in [6.07, 6.45) is 0. The molecule has 2 N–H and O–H groups in total. The lowest BCUT2D eigenvalue weighted by Gasteiger charge is -2.26. The number of ether oxygens (including phenoxy) is 2. The number of hydrogen-bond donors (Lipinski definition) is 2. The molecular formula is C20H21N3O7S. The standard InChI is InChI=1S/C20H21N3O7S/c24-18(21-22-19(25)15-4-2-1-3-5-15)14-30-20(26)16-6-8-17(9-7-16)31(27,28)23-10-12-29-13-11-23/h1-9H,10-14H2,(H,21,24)(H,22,25). The van der Waals surface area contributed by atoms with E-state index in [0.717, 1.165) is 0 Å². The fraction of sp³-hybridized carbons (Fsp3) is 0.250. The monoisotopic (exact) mass is 447 g/mol. The number of morpholine rings is 1. The first kappa shape index (κ1) is 22.4. The first-order chi connectivity index (χ1) is 14.9. The van der Waals surface area contributed by atoms with Gasteiger partial charge in [0.05, 0.1) is 23.7 Å². The zero-order valence-corrected chi connectivity index (χ0v) is 17.3. The molecule has 164 valence electrons. The Bertz CT molecular complexity index is 1030. The van der Waals surface area contributed by atoms with Crippen LogP contribution in [0.15, 0.2) is 59.5 Å². The normalized spacial score (nSPS) is 14.5. The predicted molar refractivity (Wildman–Crippen MR) is 108 cm³/mol. The lowest BCUT2D eigenvalue weighted by Crippen LogP contribution is -2.43. The molecule has 3 rings (SSSR count). The van der Waals surface area contributed by atoms with E-state index in [1.54, 1.807) is 30.3 Å². The average molecular weight is 447 g/mol. The van der Waals surface area contributed by atoms with Crippen LogP contribution < -0.4 is 10.9 Å². The Labute approximate surface area is 179 Å². The Morgan fingerprint density at radius 2 is 1.55 bits per heavy atom. The Hall–Kier alpha value is -3.28. The number of amides is 2. The lowest BCUT2D eigenvalue weighted by molar-refractivity contribution is -0.125. The molecule has 0 unspecified atom stereocenters. The molecule has 0 aromatic heterocycles. The van der Waals surface area contributed by atoms with Gasteiger partial charge in [-0.2, -0.15) is 4.31 Å². The van der Waals surface area contributed by atoms with Crippen molar-refractivity contribution in [3.63, 3.8) is 0 Å². The molecule has 0 saturated carbocycles. The summed E-state index contributed by atoms with van der Waals surface area (Å²) in [6, 6.07) is 13.5. The smallest absolute Gasteiger partial charge is 0.338 e. The Balaban J connectivity index is 1.49. The molecule has 2 amide bonds. The zero-order chi connectivity index (χ0) is 22.3. The Morgan fingerprint density at radius 1 is 0.903 bits per heavy atom. The molecule has 2 aromatic rings. The van der Waals surface area contributed by atoms with Crippen LogP contribution in [0, 0.1) is 0 Å². The number of esters is 1. The fourth-order valence-corrected chi connectivity index (χ4v) is 4.15. The van der Waals surface area contributed by atoms with Crippen molar-refractivity contribution in [3.05, 3.63) is 65.7 Å². The van der Waals surface area contributed by atoms with Crippen molar-refractivity contribution >= 4 is 27.8 Å². The molecule has 1 aliphatic rings. The minimum Gasteiger partial charge on any atom is -0.452 e. The van der Waals surface area contributed by atoms with E-state index in [0.29, 0.717) is 18.8 Å². The summed E-state index contributed by atoms with van der Waals surface area (Å²) in [5, 5.41) is 0. The van der Waals surface area contributed by atoms with Gasteiger partial charge in [0.2, 0.25) is 10.0 Å². The topological polar surface area (TPSA) is 131 Å². The Morgan fingerprint density at radius 3 is 2.19 bits per heavy atom. The molecule has 2 aromatic carbocycles. The van der Waals surface area contributed by atoms with Gasteiger partial charge < -0.3 is 9.47 Å². The van der Waals surface area contributed by atoms with Crippen molar-refractivity contribution in [2.24, 2.45) is 0 Å². The highest BCUT2D eigenvalue weighted by atomic mass is 32.2. The molecule has 0 bridgehead atoms. The van der Waals surface area contributed by atoms with E-state index in [1.165, 1.54) is 28.6 Å². The van der Waals surface area contributed by atoms with Gasteiger partial charge in [0.1, 0.15) is 0 Å². The molecular weight excluding hydrogens is 426 g/mol. The van der Waals surface area contributed by atoms with Gasteiger partial charge in [0, 0.05) is 18.7 Å². The van der Waals surface area contributed by atoms with Crippen LogP contribution in [0.3, 0.4) is 0 Å². The van der Waals surface area contributed by atoms with Crippen molar-refractivity contribution < 1.29 is 32.3 Å². The summed E-state index contributed by atoms with van der Waals surface area (Å²) in [5.74, 6) is -2.05. The molecule has 1 fully saturated rings. The van der Waals surface area contributed by atoms with E-state index in [2.05, 4.69) is 10.9 Å². The fourth-order valence-electron chi connectivity index (χ4n) is 2.74. The van der Waals surface area contributed by atoms with E-state index >= 15 is 0 Å². The van der Waals surface area contributed by atoms with E-state index < -0.39 is 34.4 Å². The summed E-state index contributed by atoms with van der Waals surface area (Å²) in [7, 11) is -3.67. The molecule has 1 saturated heterocycles. The van der Waals surface area contributed by atoms with Crippen molar-refractivity contribution in [1.29, 1.82) is 0 Å². The summed E-state index contributed by atoms with van der Waals surface area (Å²) in [4.78, 5) is 35.8.